The number of fused-ring (bicyclic) bond motifs is 1. The van der Waals surface area contributed by atoms with Crippen molar-refractivity contribution in [1.82, 2.24) is 9.78 Å². The standard InChI is InChI=1S/C14H10ClN3O3S/c1-16-12-10-9(6-22-12)11(14(20)21)17-18(13(10)19)8-4-2-7(15)3-5-8/h2-6,16H,1H3,(H,20,21). The van der Waals surface area contributed by atoms with Crippen LogP contribution in [0, 0.1) is 0 Å². The molecule has 112 valence electrons. The Bertz CT molecular complexity index is 931. The highest BCUT2D eigenvalue weighted by Crippen LogP contribution is 2.29. The lowest BCUT2D eigenvalue weighted by Crippen LogP contribution is -2.24. The molecule has 0 aliphatic heterocycles. The van der Waals surface area contributed by atoms with Gasteiger partial charge >= 0.3 is 5.97 Å². The molecule has 6 nitrogen and oxygen atoms in total. The minimum atomic E-state index is -1.19. The lowest BCUT2D eigenvalue weighted by molar-refractivity contribution is 0.0691. The van der Waals surface area contributed by atoms with Crippen molar-refractivity contribution in [2.45, 2.75) is 0 Å². The van der Waals surface area contributed by atoms with Crippen LogP contribution in [0.25, 0.3) is 16.5 Å². The SMILES string of the molecule is CNc1scc2c(C(=O)O)nn(-c3ccc(Cl)cc3)c(=O)c12. The lowest BCUT2D eigenvalue weighted by Gasteiger charge is -2.07. The van der Waals surface area contributed by atoms with Crippen LogP contribution in [0.5, 0.6) is 0 Å². The van der Waals surface area contributed by atoms with E-state index in [1.807, 2.05) is 0 Å². The maximum atomic E-state index is 12.7. The average Bonchev–Trinajstić information content (AvgIpc) is 2.93. The van der Waals surface area contributed by atoms with E-state index in [1.165, 1.54) is 11.3 Å². The number of halogens is 1. The van der Waals surface area contributed by atoms with Crippen LogP contribution < -0.4 is 10.9 Å². The van der Waals surface area contributed by atoms with Crippen molar-refractivity contribution < 1.29 is 9.90 Å². The van der Waals surface area contributed by atoms with E-state index in [-0.39, 0.29) is 11.3 Å². The van der Waals surface area contributed by atoms with E-state index < -0.39 is 5.97 Å². The molecule has 0 bridgehead atoms. The van der Waals surface area contributed by atoms with Gasteiger partial charge in [0.2, 0.25) is 0 Å². The van der Waals surface area contributed by atoms with E-state index in [4.69, 9.17) is 11.6 Å². The Morgan fingerprint density at radius 3 is 2.64 bits per heavy atom. The first-order valence-electron chi connectivity index (χ1n) is 6.24. The molecule has 3 rings (SSSR count). The number of carboxylic acids is 1. The molecule has 22 heavy (non-hydrogen) atoms. The molecule has 0 unspecified atom stereocenters. The highest BCUT2D eigenvalue weighted by Gasteiger charge is 2.20. The molecule has 0 atom stereocenters. The fraction of sp³-hybridized carbons (Fsp3) is 0.0714. The molecule has 0 radical (unpaired) electrons. The van der Waals surface area contributed by atoms with Gasteiger partial charge in [-0.1, -0.05) is 11.6 Å². The summed E-state index contributed by atoms with van der Waals surface area (Å²) in [6.07, 6.45) is 0. The van der Waals surface area contributed by atoms with E-state index in [9.17, 15) is 14.7 Å². The first-order chi connectivity index (χ1) is 10.5. The highest BCUT2D eigenvalue weighted by atomic mass is 35.5. The van der Waals surface area contributed by atoms with Crippen LogP contribution in [0.15, 0.2) is 34.4 Å². The summed E-state index contributed by atoms with van der Waals surface area (Å²) in [5.74, 6) is -1.19. The van der Waals surface area contributed by atoms with Crippen LogP contribution in [-0.4, -0.2) is 27.9 Å². The number of thiophene rings is 1. The second kappa shape index (κ2) is 5.43. The van der Waals surface area contributed by atoms with E-state index in [0.29, 0.717) is 26.5 Å². The van der Waals surface area contributed by atoms with Crippen molar-refractivity contribution in [2.24, 2.45) is 0 Å². The molecule has 0 spiro atoms. The number of rotatable bonds is 3. The molecule has 0 saturated carbocycles. The number of hydrogen-bond donors (Lipinski definition) is 2. The van der Waals surface area contributed by atoms with Crippen molar-refractivity contribution in [3.05, 3.63) is 50.7 Å². The molecule has 2 aromatic heterocycles. The summed E-state index contributed by atoms with van der Waals surface area (Å²) in [4.78, 5) is 24.1. The van der Waals surface area contributed by atoms with Crippen LogP contribution >= 0.6 is 22.9 Å². The first kappa shape index (κ1) is 14.6. The van der Waals surface area contributed by atoms with Gasteiger partial charge in [0.25, 0.3) is 5.56 Å². The fourth-order valence-electron chi connectivity index (χ4n) is 2.15. The molecule has 1 aromatic carbocycles. The van der Waals surface area contributed by atoms with E-state index in [2.05, 4.69) is 10.4 Å². The summed E-state index contributed by atoms with van der Waals surface area (Å²) in [5, 5.41) is 19.6. The Morgan fingerprint density at radius 2 is 2.05 bits per heavy atom. The number of nitrogens with one attached hydrogen (secondary N) is 1. The van der Waals surface area contributed by atoms with E-state index in [1.54, 1.807) is 36.7 Å². The molecule has 2 heterocycles. The van der Waals surface area contributed by atoms with Gasteiger partial charge < -0.3 is 10.4 Å². The Labute approximate surface area is 133 Å². The Morgan fingerprint density at radius 1 is 1.36 bits per heavy atom. The molecule has 0 aliphatic carbocycles. The number of carbonyl (C=O) groups is 1. The number of benzene rings is 1. The number of hydrogen-bond acceptors (Lipinski definition) is 5. The Kier molecular flexibility index (Phi) is 3.59. The van der Waals surface area contributed by atoms with Crippen molar-refractivity contribution in [1.29, 1.82) is 0 Å². The van der Waals surface area contributed by atoms with Gasteiger partial charge in [0.15, 0.2) is 5.69 Å². The molecule has 0 saturated heterocycles. The second-order valence-corrected chi connectivity index (χ2v) is 5.77. The smallest absolute Gasteiger partial charge is 0.357 e. The predicted molar refractivity (Wildman–Crippen MR) is 86.7 cm³/mol. The van der Waals surface area contributed by atoms with Gasteiger partial charge in [-0.25, -0.2) is 4.79 Å². The number of nitrogens with zero attached hydrogens (tertiary/aromatic N) is 2. The molecule has 0 aliphatic rings. The zero-order valence-electron chi connectivity index (χ0n) is 11.3. The van der Waals surface area contributed by atoms with Gasteiger partial charge in [-0.15, -0.1) is 11.3 Å². The molecule has 0 fully saturated rings. The molecule has 2 N–H and O–H groups in total. The van der Waals surface area contributed by atoms with Gasteiger partial charge in [0.05, 0.1) is 11.1 Å². The highest BCUT2D eigenvalue weighted by molar-refractivity contribution is 7.16. The molecule has 8 heteroatoms. The Hall–Kier alpha value is -2.38. The molecule has 0 amide bonds. The van der Waals surface area contributed by atoms with Gasteiger partial charge in [-0.2, -0.15) is 9.78 Å². The van der Waals surface area contributed by atoms with Crippen molar-refractivity contribution in [3.8, 4) is 5.69 Å². The van der Waals surface area contributed by atoms with Gasteiger partial charge in [0, 0.05) is 22.8 Å². The maximum absolute atomic E-state index is 12.7. The zero-order chi connectivity index (χ0) is 15.9. The summed E-state index contributed by atoms with van der Waals surface area (Å²) >= 11 is 7.10. The van der Waals surface area contributed by atoms with Crippen LogP contribution in [0.3, 0.4) is 0 Å². The predicted octanol–water partition coefficient (Wildman–Crippen LogP) is 2.84. The third kappa shape index (κ3) is 2.24. The summed E-state index contributed by atoms with van der Waals surface area (Å²) in [5.41, 5.74) is -0.0951. The topological polar surface area (TPSA) is 84.2 Å². The molecular formula is C14H10ClN3O3S. The number of carboxylic acid groups (broad SMARTS) is 1. The number of aromatic carboxylic acids is 1. The second-order valence-electron chi connectivity index (χ2n) is 4.45. The van der Waals surface area contributed by atoms with Crippen LogP contribution in [0.1, 0.15) is 10.5 Å². The summed E-state index contributed by atoms with van der Waals surface area (Å²) in [6.45, 7) is 0. The van der Waals surface area contributed by atoms with Crippen molar-refractivity contribution in [2.75, 3.05) is 12.4 Å². The van der Waals surface area contributed by atoms with Crippen LogP contribution in [0.4, 0.5) is 5.00 Å². The Balaban J connectivity index is 2.40. The largest absolute Gasteiger partial charge is 0.476 e. The van der Waals surface area contributed by atoms with Crippen LogP contribution in [-0.2, 0) is 0 Å². The third-order valence-electron chi connectivity index (χ3n) is 3.15. The minimum absolute atomic E-state index is 0.165. The number of aromatic nitrogens is 2. The quantitative estimate of drug-likeness (QED) is 0.769. The summed E-state index contributed by atoms with van der Waals surface area (Å²) in [6, 6.07) is 6.45. The molecule has 3 aromatic rings. The zero-order valence-corrected chi connectivity index (χ0v) is 12.9. The minimum Gasteiger partial charge on any atom is -0.476 e. The summed E-state index contributed by atoms with van der Waals surface area (Å²) < 4.78 is 1.08. The lowest BCUT2D eigenvalue weighted by atomic mass is 10.2. The van der Waals surface area contributed by atoms with Gasteiger partial charge in [-0.05, 0) is 24.3 Å². The first-order valence-corrected chi connectivity index (χ1v) is 7.50. The van der Waals surface area contributed by atoms with Gasteiger partial charge in [0.1, 0.15) is 5.00 Å². The van der Waals surface area contributed by atoms with E-state index in [0.717, 1.165) is 4.68 Å². The van der Waals surface area contributed by atoms with Gasteiger partial charge in [-0.3, -0.25) is 4.79 Å². The summed E-state index contributed by atoms with van der Waals surface area (Å²) in [7, 11) is 1.68. The van der Waals surface area contributed by atoms with E-state index >= 15 is 0 Å². The fourth-order valence-corrected chi connectivity index (χ4v) is 3.17. The third-order valence-corrected chi connectivity index (χ3v) is 4.40. The molecular weight excluding hydrogens is 326 g/mol. The maximum Gasteiger partial charge on any atom is 0.357 e. The average molecular weight is 336 g/mol. The van der Waals surface area contributed by atoms with Crippen molar-refractivity contribution >= 4 is 44.7 Å². The monoisotopic (exact) mass is 335 g/mol. The normalized spacial score (nSPS) is 10.8. The van der Waals surface area contributed by atoms with Crippen molar-refractivity contribution in [3.63, 3.8) is 0 Å². The number of anilines is 1. The van der Waals surface area contributed by atoms with Crippen LogP contribution in [0.2, 0.25) is 5.02 Å².